The van der Waals surface area contributed by atoms with Gasteiger partial charge >= 0.3 is 0 Å². The van der Waals surface area contributed by atoms with E-state index in [1.165, 1.54) is 0 Å². The predicted molar refractivity (Wildman–Crippen MR) is 114 cm³/mol. The van der Waals surface area contributed by atoms with E-state index in [4.69, 9.17) is 21.1 Å². The zero-order valence-electron chi connectivity index (χ0n) is 17.4. The molecule has 2 aromatic carbocycles. The summed E-state index contributed by atoms with van der Waals surface area (Å²) in [5.41, 5.74) is 2.30. The molecule has 1 N–H and O–H groups in total. The van der Waals surface area contributed by atoms with Gasteiger partial charge in [0.1, 0.15) is 6.61 Å². The molecular formula is C23H32ClNO2. The minimum absolute atomic E-state index is 0.0152. The summed E-state index contributed by atoms with van der Waals surface area (Å²) in [5.74, 6) is 1.49. The normalized spacial score (nSPS) is 12.1. The van der Waals surface area contributed by atoms with Crippen molar-refractivity contribution in [1.82, 2.24) is 5.32 Å². The molecule has 0 radical (unpaired) electrons. The standard InChI is InChI=1S/C23H32ClNO2/c1-22(2,3)16-23(4,5)25-14-17-11-9-13-20(26-6)21(17)27-15-18-10-7-8-12-19(18)24/h7-13,25H,14-16H2,1-6H3. The molecule has 0 fully saturated rings. The van der Waals surface area contributed by atoms with Crippen LogP contribution in [0.3, 0.4) is 0 Å². The zero-order chi connectivity index (χ0) is 20.1. The smallest absolute Gasteiger partial charge is 0.166 e. The van der Waals surface area contributed by atoms with Crippen LogP contribution in [0.15, 0.2) is 42.5 Å². The fourth-order valence-electron chi connectivity index (χ4n) is 3.51. The van der Waals surface area contributed by atoms with Gasteiger partial charge < -0.3 is 14.8 Å². The van der Waals surface area contributed by atoms with E-state index in [9.17, 15) is 0 Å². The lowest BCUT2D eigenvalue weighted by atomic mass is 9.82. The van der Waals surface area contributed by atoms with Gasteiger partial charge in [-0.2, -0.15) is 0 Å². The Labute approximate surface area is 169 Å². The second-order valence-electron chi connectivity index (χ2n) is 8.80. The summed E-state index contributed by atoms with van der Waals surface area (Å²) in [6.07, 6.45) is 1.07. The number of hydrogen-bond donors (Lipinski definition) is 1. The average molecular weight is 390 g/mol. The van der Waals surface area contributed by atoms with Crippen molar-refractivity contribution in [3.63, 3.8) is 0 Å². The molecule has 0 heterocycles. The van der Waals surface area contributed by atoms with Gasteiger partial charge in [-0.3, -0.25) is 0 Å². The van der Waals surface area contributed by atoms with Gasteiger partial charge in [0, 0.05) is 28.2 Å². The molecule has 3 nitrogen and oxygen atoms in total. The van der Waals surface area contributed by atoms with E-state index in [1.54, 1.807) is 7.11 Å². The highest BCUT2D eigenvalue weighted by Crippen LogP contribution is 2.33. The molecule has 27 heavy (non-hydrogen) atoms. The lowest BCUT2D eigenvalue weighted by Crippen LogP contribution is -2.41. The number of rotatable bonds is 8. The zero-order valence-corrected chi connectivity index (χ0v) is 18.1. The molecule has 0 aliphatic rings. The summed E-state index contributed by atoms with van der Waals surface area (Å²) in [7, 11) is 1.67. The molecule has 0 bridgehead atoms. The first-order chi connectivity index (χ1) is 12.6. The summed E-state index contributed by atoms with van der Waals surface area (Å²) in [4.78, 5) is 0. The summed E-state index contributed by atoms with van der Waals surface area (Å²) in [6.45, 7) is 12.4. The second kappa shape index (κ2) is 8.99. The lowest BCUT2D eigenvalue weighted by Gasteiger charge is -2.33. The van der Waals surface area contributed by atoms with Crippen molar-refractivity contribution in [3.05, 3.63) is 58.6 Å². The van der Waals surface area contributed by atoms with Crippen molar-refractivity contribution >= 4 is 11.6 Å². The number of halogens is 1. The van der Waals surface area contributed by atoms with Crippen LogP contribution in [-0.2, 0) is 13.2 Å². The predicted octanol–water partition coefficient (Wildman–Crippen LogP) is 6.23. The molecule has 0 saturated heterocycles. The van der Waals surface area contributed by atoms with E-state index in [-0.39, 0.29) is 11.0 Å². The minimum Gasteiger partial charge on any atom is -0.493 e. The van der Waals surface area contributed by atoms with Crippen LogP contribution in [0.2, 0.25) is 5.02 Å². The van der Waals surface area contributed by atoms with Gasteiger partial charge in [-0.15, -0.1) is 0 Å². The fraction of sp³-hybridized carbons (Fsp3) is 0.478. The summed E-state index contributed by atoms with van der Waals surface area (Å²) in [6, 6.07) is 13.7. The Hall–Kier alpha value is -1.71. The number of nitrogens with one attached hydrogen (secondary N) is 1. The maximum atomic E-state index is 6.26. The summed E-state index contributed by atoms with van der Waals surface area (Å²) in [5, 5.41) is 4.38. The number of hydrogen-bond acceptors (Lipinski definition) is 3. The van der Waals surface area contributed by atoms with Crippen LogP contribution < -0.4 is 14.8 Å². The van der Waals surface area contributed by atoms with Crippen LogP contribution in [0.4, 0.5) is 0 Å². The topological polar surface area (TPSA) is 30.5 Å². The molecule has 2 aromatic rings. The highest BCUT2D eigenvalue weighted by atomic mass is 35.5. The molecule has 0 amide bonds. The Morgan fingerprint density at radius 3 is 2.22 bits per heavy atom. The first kappa shape index (κ1) is 21.6. The second-order valence-corrected chi connectivity index (χ2v) is 9.21. The monoisotopic (exact) mass is 389 g/mol. The van der Waals surface area contributed by atoms with Crippen LogP contribution >= 0.6 is 11.6 Å². The summed E-state index contributed by atoms with van der Waals surface area (Å²) >= 11 is 6.26. The highest BCUT2D eigenvalue weighted by molar-refractivity contribution is 6.31. The van der Waals surface area contributed by atoms with Crippen LogP contribution in [0.5, 0.6) is 11.5 Å². The number of ether oxygens (including phenoxy) is 2. The molecule has 0 unspecified atom stereocenters. The molecule has 4 heteroatoms. The van der Waals surface area contributed by atoms with Gasteiger partial charge in [-0.1, -0.05) is 62.7 Å². The fourth-order valence-corrected chi connectivity index (χ4v) is 3.70. The van der Waals surface area contributed by atoms with Crippen molar-refractivity contribution in [2.24, 2.45) is 5.41 Å². The minimum atomic E-state index is 0.0152. The molecule has 0 spiro atoms. The molecule has 0 saturated carbocycles. The maximum absolute atomic E-state index is 6.26. The molecule has 0 atom stereocenters. The molecule has 148 valence electrons. The molecule has 2 rings (SSSR count). The third-order valence-corrected chi connectivity index (χ3v) is 4.71. The maximum Gasteiger partial charge on any atom is 0.166 e. The van der Waals surface area contributed by atoms with E-state index >= 15 is 0 Å². The average Bonchev–Trinajstić information content (AvgIpc) is 2.57. The number of methoxy groups -OCH3 is 1. The van der Waals surface area contributed by atoms with E-state index in [0.717, 1.165) is 29.0 Å². The van der Waals surface area contributed by atoms with Crippen LogP contribution in [0.25, 0.3) is 0 Å². The van der Waals surface area contributed by atoms with Gasteiger partial charge in [-0.05, 0) is 37.8 Å². The van der Waals surface area contributed by atoms with Crippen LogP contribution in [0, 0.1) is 5.41 Å². The van der Waals surface area contributed by atoms with Crippen molar-refractivity contribution in [2.75, 3.05) is 7.11 Å². The first-order valence-corrected chi connectivity index (χ1v) is 9.76. The van der Waals surface area contributed by atoms with Gasteiger partial charge in [0.25, 0.3) is 0 Å². The Morgan fingerprint density at radius 2 is 1.59 bits per heavy atom. The summed E-state index contributed by atoms with van der Waals surface area (Å²) < 4.78 is 11.7. The third-order valence-electron chi connectivity index (χ3n) is 4.34. The highest BCUT2D eigenvalue weighted by Gasteiger charge is 2.25. The lowest BCUT2D eigenvalue weighted by molar-refractivity contribution is 0.237. The Morgan fingerprint density at radius 1 is 0.926 bits per heavy atom. The van der Waals surface area contributed by atoms with Crippen molar-refractivity contribution in [2.45, 2.75) is 59.7 Å². The number of para-hydroxylation sites is 1. The molecule has 0 aliphatic heterocycles. The van der Waals surface area contributed by atoms with Crippen molar-refractivity contribution < 1.29 is 9.47 Å². The van der Waals surface area contributed by atoms with Gasteiger partial charge in [-0.25, -0.2) is 0 Å². The van der Waals surface area contributed by atoms with Gasteiger partial charge in [0.15, 0.2) is 11.5 Å². The van der Waals surface area contributed by atoms with Gasteiger partial charge in [0.05, 0.1) is 7.11 Å². The largest absolute Gasteiger partial charge is 0.493 e. The Bertz CT molecular complexity index is 750. The Kier molecular flexibility index (Phi) is 7.19. The molecule has 0 aliphatic carbocycles. The van der Waals surface area contributed by atoms with Crippen molar-refractivity contribution in [1.29, 1.82) is 0 Å². The SMILES string of the molecule is COc1cccc(CNC(C)(C)CC(C)(C)C)c1OCc1ccccc1Cl. The van der Waals surface area contributed by atoms with Crippen LogP contribution in [0.1, 0.15) is 52.2 Å². The first-order valence-electron chi connectivity index (χ1n) is 9.38. The quantitative estimate of drug-likeness (QED) is 0.580. The van der Waals surface area contributed by atoms with Gasteiger partial charge in [0.2, 0.25) is 0 Å². The molecular weight excluding hydrogens is 358 g/mol. The number of benzene rings is 2. The third kappa shape index (κ3) is 6.75. The molecule has 0 aromatic heterocycles. The van der Waals surface area contributed by atoms with E-state index < -0.39 is 0 Å². The van der Waals surface area contributed by atoms with Crippen molar-refractivity contribution in [3.8, 4) is 11.5 Å². The Balaban J connectivity index is 2.16. The van der Waals surface area contributed by atoms with E-state index in [2.05, 4.69) is 46.0 Å². The van der Waals surface area contributed by atoms with E-state index in [1.807, 2.05) is 36.4 Å². The van der Waals surface area contributed by atoms with E-state index in [0.29, 0.717) is 18.2 Å². The van der Waals surface area contributed by atoms with Crippen LogP contribution in [-0.4, -0.2) is 12.6 Å².